The van der Waals surface area contributed by atoms with E-state index in [1.807, 2.05) is 42.2 Å². The molecule has 2 aromatic carbocycles. The van der Waals surface area contributed by atoms with Crippen LogP contribution < -0.4 is 20.3 Å². The number of urea groups is 1. The highest BCUT2D eigenvalue weighted by Crippen LogP contribution is 2.28. The molecule has 1 saturated heterocycles. The van der Waals surface area contributed by atoms with Gasteiger partial charge in [-0.25, -0.2) is 18.9 Å². The van der Waals surface area contributed by atoms with E-state index < -0.39 is 11.8 Å². The minimum absolute atomic E-state index is 0.0190. The Bertz CT molecular complexity index is 1510. The molecule has 41 heavy (non-hydrogen) atoms. The van der Waals surface area contributed by atoms with Crippen molar-refractivity contribution in [1.29, 1.82) is 0 Å². The summed E-state index contributed by atoms with van der Waals surface area (Å²) in [6.45, 7) is 10.8. The van der Waals surface area contributed by atoms with Crippen molar-refractivity contribution < 1.29 is 18.7 Å². The van der Waals surface area contributed by atoms with E-state index in [0.29, 0.717) is 55.3 Å². The highest BCUT2D eigenvalue weighted by atomic mass is 19.1. The Hall–Kier alpha value is -4.51. The van der Waals surface area contributed by atoms with Gasteiger partial charge in [0.2, 0.25) is 11.8 Å². The molecule has 2 N–H and O–H groups in total. The van der Waals surface area contributed by atoms with Gasteiger partial charge in [0.05, 0.1) is 24.6 Å². The molecule has 1 aliphatic rings. The third-order valence-electron chi connectivity index (χ3n) is 6.59. The zero-order chi connectivity index (χ0) is 29.0. The van der Waals surface area contributed by atoms with Crippen LogP contribution in [-0.2, 0) is 16.7 Å². The van der Waals surface area contributed by atoms with Crippen LogP contribution >= 0.6 is 0 Å². The first-order valence-electron chi connectivity index (χ1n) is 13.5. The van der Waals surface area contributed by atoms with Crippen LogP contribution in [0.25, 0.3) is 5.69 Å². The van der Waals surface area contributed by atoms with E-state index in [4.69, 9.17) is 14.6 Å². The third kappa shape index (κ3) is 6.98. The summed E-state index contributed by atoms with van der Waals surface area (Å²) in [6, 6.07) is 15.1. The molecule has 3 heterocycles. The summed E-state index contributed by atoms with van der Waals surface area (Å²) in [5.74, 6) is 1.29. The van der Waals surface area contributed by atoms with Crippen molar-refractivity contribution in [3.63, 3.8) is 0 Å². The second-order valence-corrected chi connectivity index (χ2v) is 10.9. The number of morpholine rings is 1. The molecule has 1 aliphatic heterocycles. The molecule has 0 spiro atoms. The molecule has 0 saturated carbocycles. The summed E-state index contributed by atoms with van der Waals surface area (Å²) < 4.78 is 27.3. The highest BCUT2D eigenvalue weighted by Gasteiger charge is 2.22. The Balaban J connectivity index is 1.30. The molecule has 2 amide bonds. The molecular formula is C30H34FN7O3. The molecule has 11 heteroatoms. The number of nitrogens with zero attached hydrogens (tertiary/aromatic N) is 5. The molecule has 0 unspecified atom stereocenters. The zero-order valence-electron chi connectivity index (χ0n) is 23.6. The molecule has 214 valence electrons. The van der Waals surface area contributed by atoms with Gasteiger partial charge in [-0.15, -0.1) is 0 Å². The maximum atomic E-state index is 14.2. The third-order valence-corrected chi connectivity index (χ3v) is 6.59. The second-order valence-electron chi connectivity index (χ2n) is 10.9. The number of hydrogen-bond donors (Lipinski definition) is 2. The fourth-order valence-electron chi connectivity index (χ4n) is 4.26. The first-order chi connectivity index (χ1) is 19.7. The van der Waals surface area contributed by atoms with Crippen molar-refractivity contribution in [2.45, 2.75) is 39.7 Å². The second kappa shape index (κ2) is 11.9. The van der Waals surface area contributed by atoms with Gasteiger partial charge >= 0.3 is 6.03 Å². The van der Waals surface area contributed by atoms with Gasteiger partial charge in [0.1, 0.15) is 17.4 Å². The van der Waals surface area contributed by atoms with Crippen LogP contribution in [0.5, 0.6) is 11.6 Å². The predicted octanol–water partition coefficient (Wildman–Crippen LogP) is 5.36. The van der Waals surface area contributed by atoms with Crippen LogP contribution in [0.1, 0.15) is 37.6 Å². The normalized spacial score (nSPS) is 13.6. The highest BCUT2D eigenvalue weighted by molar-refractivity contribution is 5.88. The van der Waals surface area contributed by atoms with Crippen molar-refractivity contribution in [3.8, 4) is 17.3 Å². The number of anilines is 2. The average molecular weight is 560 g/mol. The first kappa shape index (κ1) is 28.0. The topological polar surface area (TPSA) is 106 Å². The molecule has 0 radical (unpaired) electrons. The first-order valence-corrected chi connectivity index (χ1v) is 13.5. The summed E-state index contributed by atoms with van der Waals surface area (Å²) in [6.07, 6.45) is 1.62. The number of carbonyl (C=O) groups is 1. The van der Waals surface area contributed by atoms with Gasteiger partial charge in [-0.2, -0.15) is 10.1 Å². The summed E-state index contributed by atoms with van der Waals surface area (Å²) in [5, 5.41) is 10.4. The van der Waals surface area contributed by atoms with Gasteiger partial charge in [-0.3, -0.25) is 5.32 Å². The maximum absolute atomic E-state index is 14.2. The van der Waals surface area contributed by atoms with E-state index >= 15 is 0 Å². The Labute approximate surface area is 238 Å². The summed E-state index contributed by atoms with van der Waals surface area (Å²) in [5.41, 5.74) is 3.00. The molecule has 0 atom stereocenters. The van der Waals surface area contributed by atoms with E-state index in [2.05, 4.69) is 41.4 Å². The van der Waals surface area contributed by atoms with Gasteiger partial charge in [0, 0.05) is 48.9 Å². The monoisotopic (exact) mass is 559 g/mol. The van der Waals surface area contributed by atoms with Gasteiger partial charge in [0.25, 0.3) is 0 Å². The lowest BCUT2D eigenvalue weighted by Crippen LogP contribution is -2.37. The van der Waals surface area contributed by atoms with Crippen molar-refractivity contribution >= 4 is 17.8 Å². The predicted molar refractivity (Wildman–Crippen MR) is 154 cm³/mol. The number of carbonyl (C=O) groups excluding carboxylic acids is 1. The number of amides is 2. The number of rotatable bonds is 7. The van der Waals surface area contributed by atoms with E-state index in [1.165, 1.54) is 18.2 Å². The number of ether oxygens (including phenoxy) is 2. The Morgan fingerprint density at radius 1 is 1.07 bits per heavy atom. The van der Waals surface area contributed by atoms with Crippen molar-refractivity contribution in [3.05, 3.63) is 83.4 Å². The fourth-order valence-corrected chi connectivity index (χ4v) is 4.26. The van der Waals surface area contributed by atoms with Crippen LogP contribution in [-0.4, -0.2) is 52.1 Å². The number of aryl methyl sites for hydroxylation is 1. The molecule has 10 nitrogen and oxygen atoms in total. The standard InChI is InChI=1S/C30H34FN7O3/c1-20-5-8-23(9-6-20)38-26(18-25(36-38)30(2,3)4)34-29(39)33-19-21-17-22(31)7-10-24(21)41-27-11-12-32-28(35-27)37-13-15-40-16-14-37/h5-12,17-18H,13-16,19H2,1-4H3,(H2,33,34,39). The van der Waals surface area contributed by atoms with Crippen molar-refractivity contribution in [2.24, 2.45) is 0 Å². The van der Waals surface area contributed by atoms with Crippen molar-refractivity contribution in [2.75, 3.05) is 36.5 Å². The molecule has 0 aliphatic carbocycles. The molecule has 2 aromatic heterocycles. The number of aromatic nitrogens is 4. The Kier molecular flexibility index (Phi) is 8.16. The minimum Gasteiger partial charge on any atom is -0.439 e. The van der Waals surface area contributed by atoms with E-state index in [1.54, 1.807) is 16.9 Å². The summed E-state index contributed by atoms with van der Waals surface area (Å²) in [7, 11) is 0. The van der Waals surface area contributed by atoms with Crippen molar-refractivity contribution in [1.82, 2.24) is 25.1 Å². The Morgan fingerprint density at radius 2 is 1.83 bits per heavy atom. The van der Waals surface area contributed by atoms with Crippen LogP contribution in [0, 0.1) is 12.7 Å². The van der Waals surface area contributed by atoms with Gasteiger partial charge in [-0.1, -0.05) is 38.5 Å². The van der Waals surface area contributed by atoms with Crippen LogP contribution in [0.4, 0.5) is 21.0 Å². The van der Waals surface area contributed by atoms with E-state index in [0.717, 1.165) is 16.9 Å². The van der Waals surface area contributed by atoms with E-state index in [9.17, 15) is 9.18 Å². The lowest BCUT2D eigenvalue weighted by molar-refractivity contribution is 0.122. The van der Waals surface area contributed by atoms with Crippen LogP contribution in [0.2, 0.25) is 0 Å². The largest absolute Gasteiger partial charge is 0.439 e. The summed E-state index contributed by atoms with van der Waals surface area (Å²) >= 11 is 0. The van der Waals surface area contributed by atoms with Crippen LogP contribution in [0.15, 0.2) is 60.8 Å². The maximum Gasteiger partial charge on any atom is 0.320 e. The molecule has 5 rings (SSSR count). The van der Waals surface area contributed by atoms with E-state index in [-0.39, 0.29) is 12.0 Å². The molecule has 4 aromatic rings. The number of nitrogens with one attached hydrogen (secondary N) is 2. The van der Waals surface area contributed by atoms with Crippen LogP contribution in [0.3, 0.4) is 0 Å². The zero-order valence-corrected chi connectivity index (χ0v) is 23.6. The SMILES string of the molecule is Cc1ccc(-n2nc(C(C)(C)C)cc2NC(=O)NCc2cc(F)ccc2Oc2ccnc(N3CCOCC3)n2)cc1. The summed E-state index contributed by atoms with van der Waals surface area (Å²) in [4.78, 5) is 23.9. The lowest BCUT2D eigenvalue weighted by Gasteiger charge is -2.26. The molecular weight excluding hydrogens is 525 g/mol. The van der Waals surface area contributed by atoms with Gasteiger partial charge < -0.3 is 19.7 Å². The number of hydrogen-bond acceptors (Lipinski definition) is 7. The minimum atomic E-state index is -0.467. The molecule has 1 fully saturated rings. The number of benzene rings is 2. The lowest BCUT2D eigenvalue weighted by atomic mass is 9.92. The average Bonchev–Trinajstić information content (AvgIpc) is 3.38. The van der Waals surface area contributed by atoms with Gasteiger partial charge in [-0.05, 0) is 37.3 Å². The van der Waals surface area contributed by atoms with Gasteiger partial charge in [0.15, 0.2) is 0 Å². The quantitative estimate of drug-likeness (QED) is 0.314. The Morgan fingerprint density at radius 3 is 2.56 bits per heavy atom. The number of halogens is 1. The molecule has 0 bridgehead atoms. The smallest absolute Gasteiger partial charge is 0.320 e. The fraction of sp³-hybridized carbons (Fsp3) is 0.333.